The average Bonchev–Trinajstić information content (AvgIpc) is 2.66. The summed E-state index contributed by atoms with van der Waals surface area (Å²) in [6.45, 7) is 5.29. The smallest absolute Gasteiger partial charge is 0.0582 e. The molecule has 0 saturated carbocycles. The van der Waals surface area contributed by atoms with Gasteiger partial charge in [-0.05, 0) is 25.2 Å². The van der Waals surface area contributed by atoms with Crippen LogP contribution < -0.4 is 0 Å². The van der Waals surface area contributed by atoms with Crippen LogP contribution in [0.1, 0.15) is 33.1 Å². The van der Waals surface area contributed by atoms with Gasteiger partial charge in [-0.1, -0.05) is 13.8 Å². The highest BCUT2D eigenvalue weighted by Gasteiger charge is 2.36. The minimum absolute atomic E-state index is 0.0537. The Kier molecular flexibility index (Phi) is 5.02. The van der Waals surface area contributed by atoms with Crippen LogP contribution in [0.2, 0.25) is 0 Å². The van der Waals surface area contributed by atoms with Crippen LogP contribution in [-0.4, -0.2) is 24.5 Å². The van der Waals surface area contributed by atoms with E-state index in [4.69, 9.17) is 27.9 Å². The highest BCUT2D eigenvalue weighted by molar-refractivity contribution is 6.21. The molecule has 0 amide bonds. The minimum atomic E-state index is 0.0537. The Labute approximate surface area is 97.1 Å². The van der Waals surface area contributed by atoms with Gasteiger partial charge in [0.25, 0.3) is 0 Å². The maximum atomic E-state index is 6.06. The molecule has 0 aliphatic carbocycles. The van der Waals surface area contributed by atoms with Gasteiger partial charge in [0.15, 0.2) is 0 Å². The second-order valence-electron chi connectivity index (χ2n) is 4.62. The summed E-state index contributed by atoms with van der Waals surface area (Å²) in [6.07, 6.45) is 3.75. The van der Waals surface area contributed by atoms with Crippen LogP contribution in [0.3, 0.4) is 0 Å². The minimum Gasteiger partial charge on any atom is -0.378 e. The van der Waals surface area contributed by atoms with Gasteiger partial charge in [-0.15, -0.1) is 23.2 Å². The molecule has 3 heteroatoms. The predicted octanol–water partition coefficient (Wildman–Crippen LogP) is 3.68. The predicted molar refractivity (Wildman–Crippen MR) is 62.3 cm³/mol. The molecule has 0 spiro atoms. The monoisotopic (exact) mass is 238 g/mol. The fourth-order valence-corrected chi connectivity index (χ4v) is 3.07. The molecule has 0 bridgehead atoms. The fourth-order valence-electron chi connectivity index (χ4n) is 1.95. The topological polar surface area (TPSA) is 9.23 Å². The third kappa shape index (κ3) is 2.77. The summed E-state index contributed by atoms with van der Waals surface area (Å²) in [4.78, 5) is 0. The molecule has 1 unspecified atom stereocenters. The van der Waals surface area contributed by atoms with Crippen molar-refractivity contribution in [1.29, 1.82) is 0 Å². The van der Waals surface area contributed by atoms with Crippen molar-refractivity contribution in [3.05, 3.63) is 0 Å². The summed E-state index contributed by atoms with van der Waals surface area (Å²) >= 11 is 12.1. The second kappa shape index (κ2) is 5.58. The van der Waals surface area contributed by atoms with Crippen molar-refractivity contribution in [1.82, 2.24) is 0 Å². The highest BCUT2D eigenvalue weighted by atomic mass is 35.5. The first-order valence-electron chi connectivity index (χ1n) is 5.38. The molecule has 84 valence electrons. The van der Waals surface area contributed by atoms with Gasteiger partial charge >= 0.3 is 0 Å². The third-order valence-corrected chi connectivity index (χ3v) is 4.48. The molecule has 1 atom stereocenters. The maximum Gasteiger partial charge on any atom is 0.0582 e. The van der Waals surface area contributed by atoms with Crippen LogP contribution in [0, 0.1) is 11.3 Å². The van der Waals surface area contributed by atoms with E-state index >= 15 is 0 Å². The van der Waals surface area contributed by atoms with Gasteiger partial charge in [0.05, 0.1) is 6.10 Å². The van der Waals surface area contributed by atoms with Crippen LogP contribution >= 0.6 is 23.2 Å². The van der Waals surface area contributed by atoms with Gasteiger partial charge in [0, 0.05) is 23.8 Å². The van der Waals surface area contributed by atoms with E-state index in [1.165, 1.54) is 12.8 Å². The van der Waals surface area contributed by atoms with Crippen LogP contribution in [0.5, 0.6) is 0 Å². The van der Waals surface area contributed by atoms with E-state index in [1.807, 2.05) is 0 Å². The zero-order chi connectivity index (χ0) is 10.6. The first kappa shape index (κ1) is 12.6. The van der Waals surface area contributed by atoms with Gasteiger partial charge in [0.1, 0.15) is 0 Å². The lowest BCUT2D eigenvalue weighted by atomic mass is 9.76. The third-order valence-electron chi connectivity index (χ3n) is 3.42. The van der Waals surface area contributed by atoms with Gasteiger partial charge < -0.3 is 4.74 Å². The van der Waals surface area contributed by atoms with Crippen molar-refractivity contribution in [2.45, 2.75) is 39.2 Å². The lowest BCUT2D eigenvalue weighted by Crippen LogP contribution is -2.35. The molecule has 1 fully saturated rings. The normalized spacial score (nSPS) is 23.4. The zero-order valence-corrected chi connectivity index (χ0v) is 10.6. The van der Waals surface area contributed by atoms with E-state index in [0.29, 0.717) is 23.8 Å². The molecule has 0 radical (unpaired) electrons. The van der Waals surface area contributed by atoms with Crippen LogP contribution in [-0.2, 0) is 4.74 Å². The fraction of sp³-hybridized carbons (Fsp3) is 1.00. The summed E-state index contributed by atoms with van der Waals surface area (Å²) in [5.74, 6) is 1.78. The van der Waals surface area contributed by atoms with E-state index in [2.05, 4.69) is 13.8 Å². The van der Waals surface area contributed by atoms with Gasteiger partial charge in [-0.25, -0.2) is 0 Å². The Balaban J connectivity index is 2.57. The molecule has 1 rings (SSSR count). The van der Waals surface area contributed by atoms with Crippen molar-refractivity contribution in [2.24, 2.45) is 11.3 Å². The number of hydrogen-bond acceptors (Lipinski definition) is 1. The number of ether oxygens (including phenoxy) is 1. The molecule has 1 heterocycles. The summed E-state index contributed by atoms with van der Waals surface area (Å²) in [7, 11) is 0. The van der Waals surface area contributed by atoms with Crippen molar-refractivity contribution >= 4 is 23.2 Å². The van der Waals surface area contributed by atoms with Crippen molar-refractivity contribution < 1.29 is 4.74 Å². The molecule has 0 aromatic carbocycles. The SMILES string of the molecule is CC(C)C(CCl)(CCl)CC1CCCO1. The first-order chi connectivity index (χ1) is 6.64. The van der Waals surface area contributed by atoms with E-state index < -0.39 is 0 Å². The lowest BCUT2D eigenvalue weighted by Gasteiger charge is -2.35. The molecular formula is C11H20Cl2O. The average molecular weight is 239 g/mol. The molecule has 0 aromatic rings. The Bertz CT molecular complexity index is 161. The Hall–Kier alpha value is 0.540. The molecule has 14 heavy (non-hydrogen) atoms. The Morgan fingerprint density at radius 3 is 2.36 bits per heavy atom. The summed E-state index contributed by atoms with van der Waals surface area (Å²) in [5.41, 5.74) is 0.0537. The molecule has 1 aliphatic heterocycles. The highest BCUT2D eigenvalue weighted by Crippen LogP contribution is 2.38. The summed E-state index contributed by atoms with van der Waals surface area (Å²) < 4.78 is 5.65. The number of rotatable bonds is 5. The standard InChI is InChI=1S/C11H20Cl2O/c1-9(2)11(7-12,8-13)6-10-4-3-5-14-10/h9-10H,3-8H2,1-2H3. The molecular weight excluding hydrogens is 219 g/mol. The zero-order valence-electron chi connectivity index (χ0n) is 9.06. The van der Waals surface area contributed by atoms with E-state index in [-0.39, 0.29) is 5.41 Å². The second-order valence-corrected chi connectivity index (χ2v) is 5.16. The lowest BCUT2D eigenvalue weighted by molar-refractivity contribution is 0.0588. The molecule has 0 aromatic heterocycles. The van der Waals surface area contributed by atoms with E-state index in [0.717, 1.165) is 13.0 Å². The largest absolute Gasteiger partial charge is 0.378 e. The van der Waals surface area contributed by atoms with Crippen LogP contribution in [0.15, 0.2) is 0 Å². The van der Waals surface area contributed by atoms with Gasteiger partial charge in [-0.3, -0.25) is 0 Å². The number of hydrogen-bond donors (Lipinski definition) is 0. The Morgan fingerprint density at radius 1 is 1.36 bits per heavy atom. The molecule has 1 saturated heterocycles. The van der Waals surface area contributed by atoms with Crippen molar-refractivity contribution in [3.8, 4) is 0 Å². The Morgan fingerprint density at radius 2 is 2.00 bits per heavy atom. The molecule has 1 aliphatic rings. The van der Waals surface area contributed by atoms with E-state index in [1.54, 1.807) is 0 Å². The summed E-state index contributed by atoms with van der Waals surface area (Å²) in [5, 5.41) is 0. The first-order valence-corrected chi connectivity index (χ1v) is 6.45. The molecule has 1 nitrogen and oxygen atoms in total. The molecule has 0 N–H and O–H groups in total. The van der Waals surface area contributed by atoms with Crippen molar-refractivity contribution in [2.75, 3.05) is 18.4 Å². The van der Waals surface area contributed by atoms with Crippen LogP contribution in [0.25, 0.3) is 0 Å². The quantitative estimate of drug-likeness (QED) is 0.665. The van der Waals surface area contributed by atoms with E-state index in [9.17, 15) is 0 Å². The maximum absolute atomic E-state index is 6.06. The van der Waals surface area contributed by atoms with Crippen LogP contribution in [0.4, 0.5) is 0 Å². The number of halogens is 2. The summed E-state index contributed by atoms with van der Waals surface area (Å²) in [6, 6.07) is 0. The van der Waals surface area contributed by atoms with Gasteiger partial charge in [-0.2, -0.15) is 0 Å². The number of alkyl halides is 2. The van der Waals surface area contributed by atoms with Crippen molar-refractivity contribution in [3.63, 3.8) is 0 Å². The van der Waals surface area contributed by atoms with Gasteiger partial charge in [0.2, 0.25) is 0 Å².